The number of hydrogen-bond donors (Lipinski definition) is 3. The van der Waals surface area contributed by atoms with E-state index in [0.717, 1.165) is 5.57 Å². The van der Waals surface area contributed by atoms with Crippen LogP contribution in [0.5, 0.6) is 0 Å². The lowest BCUT2D eigenvalue weighted by atomic mass is 9.66. The Hall–Kier alpha value is -0.640. The first-order chi connectivity index (χ1) is 7.14. The maximum absolute atomic E-state index is 9.68. The van der Waals surface area contributed by atoms with Crippen molar-refractivity contribution < 1.29 is 15.3 Å². The summed E-state index contributed by atoms with van der Waals surface area (Å²) in [4.78, 5) is 0. The van der Waals surface area contributed by atoms with Crippen molar-refractivity contribution in [3.63, 3.8) is 0 Å². The summed E-state index contributed by atoms with van der Waals surface area (Å²) in [7, 11) is 0. The molecule has 3 N–H and O–H groups in total. The van der Waals surface area contributed by atoms with Crippen LogP contribution in [0, 0.1) is 11.3 Å². The molecule has 3 nitrogen and oxygen atoms in total. The van der Waals surface area contributed by atoms with Crippen LogP contribution < -0.4 is 0 Å². The molecule has 2 unspecified atom stereocenters. The lowest BCUT2D eigenvalue weighted by Crippen LogP contribution is -2.41. The van der Waals surface area contributed by atoms with Crippen LogP contribution in [0.25, 0.3) is 0 Å². The highest BCUT2D eigenvalue weighted by molar-refractivity contribution is 5.23. The van der Waals surface area contributed by atoms with Crippen molar-refractivity contribution in [3.05, 3.63) is 23.8 Å². The van der Waals surface area contributed by atoms with Crippen LogP contribution in [-0.2, 0) is 0 Å². The normalized spacial score (nSPS) is 30.2. The Morgan fingerprint density at radius 2 is 2.00 bits per heavy atom. The van der Waals surface area contributed by atoms with Gasteiger partial charge in [-0.15, -0.1) is 0 Å². The Labute approximate surface area is 97.1 Å². The average molecular weight is 226 g/mol. The third kappa shape index (κ3) is 3.17. The molecule has 0 aromatic heterocycles. The van der Waals surface area contributed by atoms with E-state index in [1.807, 2.05) is 26.8 Å². The topological polar surface area (TPSA) is 60.7 Å². The monoisotopic (exact) mass is 226 g/mol. The Kier molecular flexibility index (Phi) is 3.62. The first-order valence-corrected chi connectivity index (χ1v) is 5.64. The highest BCUT2D eigenvalue weighted by Crippen LogP contribution is 2.44. The fourth-order valence-electron chi connectivity index (χ4n) is 2.59. The summed E-state index contributed by atoms with van der Waals surface area (Å²) in [6, 6.07) is 0. The molecule has 0 heterocycles. The Morgan fingerprint density at radius 1 is 1.44 bits per heavy atom. The fourth-order valence-corrected chi connectivity index (χ4v) is 2.59. The predicted molar refractivity (Wildman–Crippen MR) is 63.6 cm³/mol. The van der Waals surface area contributed by atoms with Gasteiger partial charge >= 0.3 is 0 Å². The smallest absolute Gasteiger partial charge is 0.183 e. The molecule has 1 aliphatic carbocycles. The summed E-state index contributed by atoms with van der Waals surface area (Å²) in [5, 5.41) is 28.6. The Morgan fingerprint density at radius 3 is 2.44 bits per heavy atom. The van der Waals surface area contributed by atoms with Crippen molar-refractivity contribution in [1.29, 1.82) is 0 Å². The molecule has 0 saturated carbocycles. The Bertz CT molecular complexity index is 311. The highest BCUT2D eigenvalue weighted by Gasteiger charge is 2.41. The summed E-state index contributed by atoms with van der Waals surface area (Å²) in [5.74, 6) is -1.57. The summed E-state index contributed by atoms with van der Waals surface area (Å²) < 4.78 is 0. The quantitative estimate of drug-likeness (QED) is 0.495. The molecule has 2 atom stereocenters. The molecule has 1 aliphatic rings. The van der Waals surface area contributed by atoms with Gasteiger partial charge in [-0.2, -0.15) is 0 Å². The molecule has 0 bridgehead atoms. The first kappa shape index (κ1) is 13.4. The van der Waals surface area contributed by atoms with E-state index in [0.29, 0.717) is 6.42 Å². The van der Waals surface area contributed by atoms with Gasteiger partial charge < -0.3 is 15.3 Å². The van der Waals surface area contributed by atoms with Crippen molar-refractivity contribution in [3.8, 4) is 0 Å². The van der Waals surface area contributed by atoms with E-state index in [9.17, 15) is 15.3 Å². The third-order valence-electron chi connectivity index (χ3n) is 3.09. The number of rotatable bonds is 2. The molecular formula is C13H22O3. The minimum Gasteiger partial charge on any atom is -0.389 e. The van der Waals surface area contributed by atoms with Crippen LogP contribution in [0.3, 0.4) is 0 Å². The number of aliphatic hydroxyl groups is 3. The van der Waals surface area contributed by atoms with E-state index in [2.05, 4.69) is 0 Å². The van der Waals surface area contributed by atoms with Gasteiger partial charge in [-0.25, -0.2) is 0 Å². The summed E-state index contributed by atoms with van der Waals surface area (Å²) >= 11 is 0. The molecular weight excluding hydrogens is 204 g/mol. The van der Waals surface area contributed by atoms with Crippen LogP contribution in [0.4, 0.5) is 0 Å². The zero-order valence-electron chi connectivity index (χ0n) is 10.4. The number of allylic oxidation sites excluding steroid dienone is 2. The van der Waals surface area contributed by atoms with Crippen molar-refractivity contribution in [2.75, 3.05) is 0 Å². The van der Waals surface area contributed by atoms with Crippen LogP contribution in [0.2, 0.25) is 0 Å². The van der Waals surface area contributed by atoms with Gasteiger partial charge in [-0.3, -0.25) is 0 Å². The van der Waals surface area contributed by atoms with E-state index in [-0.39, 0.29) is 11.3 Å². The summed E-state index contributed by atoms with van der Waals surface area (Å²) in [5.41, 5.74) is 0.700. The molecule has 0 amide bonds. The van der Waals surface area contributed by atoms with E-state index in [1.54, 1.807) is 13.0 Å². The van der Waals surface area contributed by atoms with E-state index < -0.39 is 11.9 Å². The van der Waals surface area contributed by atoms with Crippen LogP contribution in [-0.4, -0.2) is 27.2 Å². The highest BCUT2D eigenvalue weighted by atomic mass is 16.5. The minimum atomic E-state index is -1.71. The van der Waals surface area contributed by atoms with E-state index in [4.69, 9.17) is 0 Å². The molecule has 0 saturated heterocycles. The summed E-state index contributed by atoms with van der Waals surface area (Å²) in [6.45, 7) is 7.59. The number of aliphatic hydroxyl groups excluding tert-OH is 1. The molecule has 3 heteroatoms. The molecule has 0 aromatic rings. The van der Waals surface area contributed by atoms with Gasteiger partial charge in [-0.1, -0.05) is 31.6 Å². The predicted octanol–water partition coefficient (Wildman–Crippen LogP) is 1.60. The molecule has 0 radical (unpaired) electrons. The van der Waals surface area contributed by atoms with E-state index in [1.165, 1.54) is 6.08 Å². The molecule has 92 valence electrons. The minimum absolute atomic E-state index is 0.134. The lowest BCUT2D eigenvalue weighted by Gasteiger charge is -2.42. The van der Waals surface area contributed by atoms with Gasteiger partial charge in [-0.05, 0) is 25.3 Å². The summed E-state index contributed by atoms with van der Waals surface area (Å²) in [6.07, 6.45) is 5.01. The zero-order chi connectivity index (χ0) is 12.6. The molecule has 0 fully saturated rings. The van der Waals surface area contributed by atoms with Crippen molar-refractivity contribution in [2.45, 2.75) is 46.0 Å². The maximum atomic E-state index is 9.68. The standard InChI is InChI=1S/C13H22O3/c1-9-7-13(15,16)8-12(3,4)11(9)6-5-10(2)14/h5-7,10-11,14-16H,8H2,1-4H3. The second-order valence-electron chi connectivity index (χ2n) is 5.54. The second kappa shape index (κ2) is 4.32. The zero-order valence-corrected chi connectivity index (χ0v) is 10.4. The molecule has 0 spiro atoms. The van der Waals surface area contributed by atoms with Crippen molar-refractivity contribution in [2.24, 2.45) is 11.3 Å². The van der Waals surface area contributed by atoms with Crippen LogP contribution >= 0.6 is 0 Å². The average Bonchev–Trinajstić information content (AvgIpc) is 1.96. The largest absolute Gasteiger partial charge is 0.389 e. The Balaban J connectivity index is 3.00. The fraction of sp³-hybridized carbons (Fsp3) is 0.692. The van der Waals surface area contributed by atoms with Crippen LogP contribution in [0.15, 0.2) is 23.8 Å². The third-order valence-corrected chi connectivity index (χ3v) is 3.09. The maximum Gasteiger partial charge on any atom is 0.183 e. The second-order valence-corrected chi connectivity index (χ2v) is 5.54. The van der Waals surface area contributed by atoms with Gasteiger partial charge in [0.05, 0.1) is 6.10 Å². The lowest BCUT2D eigenvalue weighted by molar-refractivity contribution is -0.151. The number of hydrogen-bond acceptors (Lipinski definition) is 3. The van der Waals surface area contributed by atoms with Crippen molar-refractivity contribution >= 4 is 0 Å². The molecule has 1 rings (SSSR count). The van der Waals surface area contributed by atoms with Gasteiger partial charge in [0.15, 0.2) is 5.79 Å². The van der Waals surface area contributed by atoms with Gasteiger partial charge in [0.25, 0.3) is 0 Å². The van der Waals surface area contributed by atoms with Gasteiger partial charge in [0.1, 0.15) is 0 Å². The molecule has 0 aromatic carbocycles. The van der Waals surface area contributed by atoms with Gasteiger partial charge in [0.2, 0.25) is 0 Å². The van der Waals surface area contributed by atoms with Crippen molar-refractivity contribution in [1.82, 2.24) is 0 Å². The van der Waals surface area contributed by atoms with Gasteiger partial charge in [0, 0.05) is 12.3 Å². The molecule has 16 heavy (non-hydrogen) atoms. The SMILES string of the molecule is CC1=CC(O)(O)CC(C)(C)C1C=CC(C)O. The molecule has 0 aliphatic heterocycles. The first-order valence-electron chi connectivity index (χ1n) is 5.64. The van der Waals surface area contributed by atoms with E-state index >= 15 is 0 Å². The van der Waals surface area contributed by atoms with Crippen LogP contribution in [0.1, 0.15) is 34.1 Å².